The Morgan fingerprint density at radius 2 is 1.96 bits per heavy atom. The standard InChI is InChI=1S/C18H15ClN2O3/c1-11-7-14-16(24-11)8-15-17(23)21(13-5-3-12(19)4-6-13)18(2,10-22)9-20(14)15/h3-8,10H,9H2,1-2H3. The summed E-state index contributed by atoms with van der Waals surface area (Å²) in [5, 5.41) is 0.576. The molecule has 3 aromatic rings. The van der Waals surface area contributed by atoms with Crippen LogP contribution in [0, 0.1) is 6.92 Å². The lowest BCUT2D eigenvalue weighted by molar-refractivity contribution is -0.112. The average Bonchev–Trinajstić information content (AvgIpc) is 3.06. The zero-order chi connectivity index (χ0) is 17.1. The van der Waals surface area contributed by atoms with E-state index in [9.17, 15) is 9.59 Å². The molecule has 1 atom stereocenters. The van der Waals surface area contributed by atoms with E-state index in [1.807, 2.05) is 17.6 Å². The van der Waals surface area contributed by atoms with Gasteiger partial charge in [0.25, 0.3) is 5.91 Å². The van der Waals surface area contributed by atoms with Gasteiger partial charge in [0.05, 0.1) is 12.1 Å². The number of benzene rings is 1. The van der Waals surface area contributed by atoms with Gasteiger partial charge in [-0.05, 0) is 38.1 Å². The van der Waals surface area contributed by atoms with Crippen LogP contribution < -0.4 is 4.90 Å². The Kier molecular flexibility index (Phi) is 3.12. The minimum Gasteiger partial charge on any atom is -0.460 e. The topological polar surface area (TPSA) is 55.5 Å². The maximum absolute atomic E-state index is 13.1. The maximum Gasteiger partial charge on any atom is 0.275 e. The van der Waals surface area contributed by atoms with Gasteiger partial charge in [-0.15, -0.1) is 0 Å². The van der Waals surface area contributed by atoms with Gasteiger partial charge in [-0.25, -0.2) is 0 Å². The first-order valence-corrected chi connectivity index (χ1v) is 7.97. The summed E-state index contributed by atoms with van der Waals surface area (Å²) in [7, 11) is 0. The van der Waals surface area contributed by atoms with E-state index < -0.39 is 5.54 Å². The van der Waals surface area contributed by atoms with Gasteiger partial charge in [-0.3, -0.25) is 9.69 Å². The molecule has 5 nitrogen and oxygen atoms in total. The second-order valence-electron chi connectivity index (χ2n) is 6.31. The molecule has 1 aromatic carbocycles. The van der Waals surface area contributed by atoms with Crippen molar-refractivity contribution in [3.8, 4) is 0 Å². The molecule has 6 heteroatoms. The van der Waals surface area contributed by atoms with Crippen LogP contribution in [0.4, 0.5) is 5.69 Å². The SMILES string of the molecule is Cc1cc2c(cc3n2CC(C)(C=O)N(c2ccc(Cl)cc2)C3=O)o1. The summed E-state index contributed by atoms with van der Waals surface area (Å²) in [6, 6.07) is 10.5. The van der Waals surface area contributed by atoms with Crippen LogP contribution >= 0.6 is 11.6 Å². The number of carbonyl (C=O) groups is 2. The molecule has 1 amide bonds. The van der Waals surface area contributed by atoms with Crippen molar-refractivity contribution in [1.29, 1.82) is 0 Å². The summed E-state index contributed by atoms with van der Waals surface area (Å²) < 4.78 is 7.49. The number of nitrogens with zero attached hydrogens (tertiary/aromatic N) is 2. The second-order valence-corrected chi connectivity index (χ2v) is 6.75. The van der Waals surface area contributed by atoms with E-state index in [-0.39, 0.29) is 5.91 Å². The van der Waals surface area contributed by atoms with Crippen molar-refractivity contribution >= 4 is 40.6 Å². The number of furan rings is 1. The van der Waals surface area contributed by atoms with E-state index in [1.165, 1.54) is 4.90 Å². The van der Waals surface area contributed by atoms with Crippen LogP contribution in [-0.2, 0) is 11.3 Å². The first-order valence-electron chi connectivity index (χ1n) is 7.59. The highest BCUT2D eigenvalue weighted by molar-refractivity contribution is 6.30. The molecule has 0 saturated carbocycles. The lowest BCUT2D eigenvalue weighted by atomic mass is 9.97. The summed E-state index contributed by atoms with van der Waals surface area (Å²) in [5.41, 5.74) is 1.65. The highest BCUT2D eigenvalue weighted by atomic mass is 35.5. The molecule has 0 aliphatic carbocycles. The highest BCUT2D eigenvalue weighted by Crippen LogP contribution is 2.35. The van der Waals surface area contributed by atoms with E-state index in [0.717, 1.165) is 17.6 Å². The number of aldehydes is 1. The van der Waals surface area contributed by atoms with Crippen LogP contribution in [0.1, 0.15) is 23.2 Å². The fraction of sp³-hybridized carbons (Fsp3) is 0.222. The molecule has 0 spiro atoms. The van der Waals surface area contributed by atoms with E-state index in [4.69, 9.17) is 16.0 Å². The molecule has 1 aliphatic rings. The average molecular weight is 343 g/mol. The number of hydrogen-bond donors (Lipinski definition) is 0. The number of carbonyl (C=O) groups excluding carboxylic acids is 2. The smallest absolute Gasteiger partial charge is 0.275 e. The first-order chi connectivity index (χ1) is 11.4. The molecule has 0 saturated heterocycles. The summed E-state index contributed by atoms with van der Waals surface area (Å²) in [6.07, 6.45) is 0.821. The lowest BCUT2D eigenvalue weighted by Crippen LogP contribution is -2.58. The molecule has 0 fully saturated rings. The number of rotatable bonds is 2. The Morgan fingerprint density at radius 1 is 1.25 bits per heavy atom. The van der Waals surface area contributed by atoms with Crippen LogP contribution in [0.15, 0.2) is 40.8 Å². The van der Waals surface area contributed by atoms with E-state index in [0.29, 0.717) is 28.5 Å². The fourth-order valence-corrected chi connectivity index (χ4v) is 3.47. The van der Waals surface area contributed by atoms with E-state index in [2.05, 4.69) is 0 Å². The zero-order valence-electron chi connectivity index (χ0n) is 13.2. The van der Waals surface area contributed by atoms with Gasteiger partial charge in [-0.1, -0.05) is 11.6 Å². The molecular weight excluding hydrogens is 328 g/mol. The Morgan fingerprint density at radius 3 is 2.62 bits per heavy atom. The van der Waals surface area contributed by atoms with Crippen LogP contribution in [0.3, 0.4) is 0 Å². The minimum atomic E-state index is -0.991. The van der Waals surface area contributed by atoms with Crippen molar-refractivity contribution < 1.29 is 14.0 Å². The Bertz CT molecular complexity index is 970. The van der Waals surface area contributed by atoms with Crippen LogP contribution in [0.5, 0.6) is 0 Å². The lowest BCUT2D eigenvalue weighted by Gasteiger charge is -2.41. The summed E-state index contributed by atoms with van der Waals surface area (Å²) in [4.78, 5) is 26.5. The molecule has 122 valence electrons. The van der Waals surface area contributed by atoms with Crippen LogP contribution in [0.2, 0.25) is 5.02 Å². The van der Waals surface area contributed by atoms with Gasteiger partial charge >= 0.3 is 0 Å². The number of aryl methyl sites for hydroxylation is 1. The number of aromatic nitrogens is 1. The molecule has 3 heterocycles. The molecule has 1 aliphatic heterocycles. The van der Waals surface area contributed by atoms with E-state index >= 15 is 0 Å². The Hall–Kier alpha value is -2.53. The molecule has 0 radical (unpaired) electrons. The molecule has 4 rings (SSSR count). The van der Waals surface area contributed by atoms with Gasteiger partial charge in [-0.2, -0.15) is 0 Å². The van der Waals surface area contributed by atoms with Crippen molar-refractivity contribution in [3.05, 3.63) is 52.9 Å². The highest BCUT2D eigenvalue weighted by Gasteiger charge is 2.43. The third-order valence-corrected chi connectivity index (χ3v) is 4.71. The number of hydrogen-bond acceptors (Lipinski definition) is 3. The predicted octanol–water partition coefficient (Wildman–Crippen LogP) is 3.81. The second kappa shape index (κ2) is 4.98. The van der Waals surface area contributed by atoms with Gasteiger partial charge in [0, 0.05) is 22.8 Å². The van der Waals surface area contributed by atoms with Crippen molar-refractivity contribution in [3.63, 3.8) is 0 Å². The first kappa shape index (κ1) is 15.0. The molecule has 2 aromatic heterocycles. The predicted molar refractivity (Wildman–Crippen MR) is 91.7 cm³/mol. The monoisotopic (exact) mass is 342 g/mol. The molecule has 0 N–H and O–H groups in total. The number of halogens is 1. The zero-order valence-corrected chi connectivity index (χ0v) is 14.0. The Balaban J connectivity index is 1.91. The fourth-order valence-electron chi connectivity index (χ4n) is 3.34. The normalized spacial score (nSPS) is 20.5. The number of fused-ring (bicyclic) bond motifs is 3. The molecular formula is C18H15ClN2O3. The maximum atomic E-state index is 13.1. The summed E-state index contributed by atoms with van der Waals surface area (Å²) in [5.74, 6) is 0.540. The quantitative estimate of drug-likeness (QED) is 0.665. The van der Waals surface area contributed by atoms with Gasteiger partial charge in [0.15, 0.2) is 5.58 Å². The van der Waals surface area contributed by atoms with Crippen molar-refractivity contribution in [2.75, 3.05) is 4.90 Å². The van der Waals surface area contributed by atoms with Gasteiger partial charge in [0.1, 0.15) is 23.3 Å². The van der Waals surface area contributed by atoms with Crippen molar-refractivity contribution in [2.45, 2.75) is 25.9 Å². The Labute approximate surface area is 143 Å². The third-order valence-electron chi connectivity index (χ3n) is 4.46. The number of amides is 1. The summed E-state index contributed by atoms with van der Waals surface area (Å²) >= 11 is 5.94. The summed E-state index contributed by atoms with van der Waals surface area (Å²) in [6.45, 7) is 3.98. The minimum absolute atomic E-state index is 0.234. The largest absolute Gasteiger partial charge is 0.460 e. The van der Waals surface area contributed by atoms with Gasteiger partial charge < -0.3 is 13.8 Å². The molecule has 24 heavy (non-hydrogen) atoms. The number of anilines is 1. The van der Waals surface area contributed by atoms with Crippen molar-refractivity contribution in [2.24, 2.45) is 0 Å². The van der Waals surface area contributed by atoms with Gasteiger partial charge in [0.2, 0.25) is 0 Å². The van der Waals surface area contributed by atoms with Crippen LogP contribution in [-0.4, -0.2) is 22.3 Å². The molecule has 0 bridgehead atoms. The van der Waals surface area contributed by atoms with E-state index in [1.54, 1.807) is 37.3 Å². The molecule has 1 unspecified atom stereocenters. The van der Waals surface area contributed by atoms with Crippen LogP contribution in [0.25, 0.3) is 11.1 Å². The van der Waals surface area contributed by atoms with Crippen molar-refractivity contribution in [1.82, 2.24) is 4.57 Å². The third kappa shape index (κ3) is 2.01.